The molecule has 1 amide bonds. The standard InChI is InChI=1S/C11H22N2O2/c1-8-5-12-9(7-14)10(15)13(6-8)11(2,3)4/h8-9,12,14H,5-7H2,1-4H3. The van der Waals surface area contributed by atoms with Gasteiger partial charge in [-0.3, -0.25) is 4.79 Å². The molecule has 1 heterocycles. The number of carbonyl (C=O) groups excluding carboxylic acids is 1. The Morgan fingerprint density at radius 2 is 2.13 bits per heavy atom. The number of hydrogen-bond acceptors (Lipinski definition) is 3. The van der Waals surface area contributed by atoms with Crippen molar-refractivity contribution in [3.8, 4) is 0 Å². The van der Waals surface area contributed by atoms with Crippen LogP contribution in [0.2, 0.25) is 0 Å². The van der Waals surface area contributed by atoms with Crippen molar-refractivity contribution in [2.45, 2.75) is 39.3 Å². The lowest BCUT2D eigenvalue weighted by Gasteiger charge is -2.37. The second-order valence-corrected chi connectivity index (χ2v) is 5.37. The van der Waals surface area contributed by atoms with Crippen LogP contribution in [0, 0.1) is 5.92 Å². The lowest BCUT2D eigenvalue weighted by atomic mass is 10.0. The smallest absolute Gasteiger partial charge is 0.242 e. The Morgan fingerprint density at radius 3 is 2.60 bits per heavy atom. The van der Waals surface area contributed by atoms with Crippen molar-refractivity contribution in [2.24, 2.45) is 5.92 Å². The summed E-state index contributed by atoms with van der Waals surface area (Å²) in [4.78, 5) is 13.9. The van der Waals surface area contributed by atoms with Gasteiger partial charge in [0.2, 0.25) is 5.91 Å². The first-order chi connectivity index (χ1) is 6.86. The van der Waals surface area contributed by atoms with Crippen LogP contribution in [0.25, 0.3) is 0 Å². The number of amides is 1. The monoisotopic (exact) mass is 214 g/mol. The van der Waals surface area contributed by atoms with Crippen molar-refractivity contribution < 1.29 is 9.90 Å². The average Bonchev–Trinajstić information content (AvgIpc) is 2.25. The Balaban J connectivity index is 2.87. The molecule has 1 aliphatic rings. The number of carbonyl (C=O) groups is 1. The van der Waals surface area contributed by atoms with Gasteiger partial charge in [0.05, 0.1) is 6.61 Å². The molecule has 1 rings (SSSR count). The van der Waals surface area contributed by atoms with Gasteiger partial charge in [0.1, 0.15) is 6.04 Å². The number of nitrogens with zero attached hydrogens (tertiary/aromatic N) is 1. The maximum absolute atomic E-state index is 12.1. The first-order valence-corrected chi connectivity index (χ1v) is 5.52. The van der Waals surface area contributed by atoms with Crippen LogP contribution in [0.4, 0.5) is 0 Å². The zero-order valence-corrected chi connectivity index (χ0v) is 10.1. The molecular formula is C11H22N2O2. The van der Waals surface area contributed by atoms with E-state index in [1.54, 1.807) is 0 Å². The third-order valence-corrected chi connectivity index (χ3v) is 2.76. The van der Waals surface area contributed by atoms with E-state index in [1.165, 1.54) is 0 Å². The molecule has 1 saturated heterocycles. The Kier molecular flexibility index (Phi) is 3.73. The molecule has 0 aromatic rings. The van der Waals surface area contributed by atoms with Crippen LogP contribution < -0.4 is 5.32 Å². The molecule has 4 nitrogen and oxygen atoms in total. The average molecular weight is 214 g/mol. The van der Waals surface area contributed by atoms with Gasteiger partial charge in [0, 0.05) is 18.6 Å². The molecule has 2 N–H and O–H groups in total. The largest absolute Gasteiger partial charge is 0.394 e. The van der Waals surface area contributed by atoms with E-state index in [9.17, 15) is 4.79 Å². The van der Waals surface area contributed by atoms with Gasteiger partial charge in [-0.2, -0.15) is 0 Å². The highest BCUT2D eigenvalue weighted by Crippen LogP contribution is 2.19. The lowest BCUT2D eigenvalue weighted by Crippen LogP contribution is -2.52. The molecule has 2 atom stereocenters. The highest BCUT2D eigenvalue weighted by atomic mass is 16.3. The van der Waals surface area contributed by atoms with Crippen LogP contribution in [-0.4, -0.2) is 47.2 Å². The third-order valence-electron chi connectivity index (χ3n) is 2.76. The summed E-state index contributed by atoms with van der Waals surface area (Å²) in [6.45, 7) is 9.60. The Hall–Kier alpha value is -0.610. The first-order valence-electron chi connectivity index (χ1n) is 5.52. The first kappa shape index (κ1) is 12.5. The Morgan fingerprint density at radius 1 is 1.53 bits per heavy atom. The van der Waals surface area contributed by atoms with Crippen LogP contribution >= 0.6 is 0 Å². The summed E-state index contributed by atoms with van der Waals surface area (Å²) in [5.74, 6) is 0.430. The number of aliphatic hydroxyl groups excluding tert-OH is 1. The van der Waals surface area contributed by atoms with E-state index in [4.69, 9.17) is 5.11 Å². The fourth-order valence-electron chi connectivity index (χ4n) is 1.83. The SMILES string of the molecule is CC1CNC(CO)C(=O)N(C(C)(C)C)C1. The van der Waals surface area contributed by atoms with E-state index in [-0.39, 0.29) is 18.1 Å². The number of rotatable bonds is 1. The highest BCUT2D eigenvalue weighted by Gasteiger charge is 2.34. The van der Waals surface area contributed by atoms with Gasteiger partial charge < -0.3 is 15.3 Å². The predicted molar refractivity (Wildman–Crippen MR) is 59.5 cm³/mol. The van der Waals surface area contributed by atoms with Gasteiger partial charge in [-0.15, -0.1) is 0 Å². The minimum atomic E-state index is -0.436. The Bertz CT molecular complexity index is 235. The summed E-state index contributed by atoms with van der Waals surface area (Å²) in [6.07, 6.45) is 0. The van der Waals surface area contributed by atoms with Crippen LogP contribution in [0.5, 0.6) is 0 Å². The molecular weight excluding hydrogens is 192 g/mol. The summed E-state index contributed by atoms with van der Waals surface area (Å²) in [7, 11) is 0. The van der Waals surface area contributed by atoms with Gasteiger partial charge >= 0.3 is 0 Å². The molecule has 1 fully saturated rings. The molecule has 2 unspecified atom stereocenters. The molecule has 1 aliphatic heterocycles. The topological polar surface area (TPSA) is 52.6 Å². The fraction of sp³-hybridized carbons (Fsp3) is 0.909. The molecule has 4 heteroatoms. The molecule has 15 heavy (non-hydrogen) atoms. The molecule has 0 saturated carbocycles. The summed E-state index contributed by atoms with van der Waals surface area (Å²) in [5.41, 5.74) is -0.176. The minimum Gasteiger partial charge on any atom is -0.394 e. The quantitative estimate of drug-likeness (QED) is 0.656. The molecule has 88 valence electrons. The summed E-state index contributed by atoms with van der Waals surface area (Å²) < 4.78 is 0. The van der Waals surface area contributed by atoms with Crippen molar-refractivity contribution in [2.75, 3.05) is 19.7 Å². The van der Waals surface area contributed by atoms with E-state index in [2.05, 4.69) is 12.2 Å². The van der Waals surface area contributed by atoms with E-state index < -0.39 is 6.04 Å². The van der Waals surface area contributed by atoms with Crippen LogP contribution in [0.1, 0.15) is 27.7 Å². The highest BCUT2D eigenvalue weighted by molar-refractivity contribution is 5.83. The maximum Gasteiger partial charge on any atom is 0.242 e. The minimum absolute atomic E-state index is 0.00866. The molecule has 0 spiro atoms. The Labute approximate surface area is 91.6 Å². The van der Waals surface area contributed by atoms with Crippen molar-refractivity contribution in [1.82, 2.24) is 10.2 Å². The number of aliphatic hydroxyl groups is 1. The lowest BCUT2D eigenvalue weighted by molar-refractivity contribution is -0.138. The predicted octanol–water partition coefficient (Wildman–Crippen LogP) is 0.214. The zero-order valence-electron chi connectivity index (χ0n) is 10.1. The van der Waals surface area contributed by atoms with Crippen molar-refractivity contribution in [1.29, 1.82) is 0 Å². The number of nitrogens with one attached hydrogen (secondary N) is 1. The molecule has 0 bridgehead atoms. The molecule has 0 aromatic carbocycles. The zero-order chi connectivity index (χ0) is 11.6. The molecule has 0 radical (unpaired) electrons. The van der Waals surface area contributed by atoms with Crippen LogP contribution in [-0.2, 0) is 4.79 Å². The normalized spacial score (nSPS) is 29.1. The maximum atomic E-state index is 12.1. The van der Waals surface area contributed by atoms with Gasteiger partial charge in [-0.05, 0) is 26.7 Å². The van der Waals surface area contributed by atoms with Crippen molar-refractivity contribution >= 4 is 5.91 Å². The van der Waals surface area contributed by atoms with Gasteiger partial charge in [-0.25, -0.2) is 0 Å². The van der Waals surface area contributed by atoms with E-state index in [0.29, 0.717) is 5.92 Å². The van der Waals surface area contributed by atoms with E-state index in [0.717, 1.165) is 13.1 Å². The fourth-order valence-corrected chi connectivity index (χ4v) is 1.83. The second-order valence-electron chi connectivity index (χ2n) is 5.37. The molecule has 0 aliphatic carbocycles. The summed E-state index contributed by atoms with van der Waals surface area (Å²) in [6, 6.07) is -0.436. The van der Waals surface area contributed by atoms with E-state index in [1.807, 2.05) is 25.7 Å². The number of hydrogen-bond donors (Lipinski definition) is 2. The van der Waals surface area contributed by atoms with Crippen LogP contribution in [0.15, 0.2) is 0 Å². The van der Waals surface area contributed by atoms with Gasteiger partial charge in [0.15, 0.2) is 0 Å². The van der Waals surface area contributed by atoms with Crippen LogP contribution in [0.3, 0.4) is 0 Å². The van der Waals surface area contributed by atoms with E-state index >= 15 is 0 Å². The van der Waals surface area contributed by atoms with Crippen molar-refractivity contribution in [3.63, 3.8) is 0 Å². The third kappa shape index (κ3) is 2.92. The second kappa shape index (κ2) is 4.49. The van der Waals surface area contributed by atoms with Gasteiger partial charge in [-0.1, -0.05) is 6.92 Å². The molecule has 0 aromatic heterocycles. The van der Waals surface area contributed by atoms with Gasteiger partial charge in [0.25, 0.3) is 0 Å². The van der Waals surface area contributed by atoms with Crippen molar-refractivity contribution in [3.05, 3.63) is 0 Å². The summed E-state index contributed by atoms with van der Waals surface area (Å²) in [5, 5.41) is 12.2. The summed E-state index contributed by atoms with van der Waals surface area (Å²) >= 11 is 0.